The lowest BCUT2D eigenvalue weighted by atomic mass is 10.1. The highest BCUT2D eigenvalue weighted by molar-refractivity contribution is 6.30. The van der Waals surface area contributed by atoms with Gasteiger partial charge in [0.05, 0.1) is 6.04 Å². The quantitative estimate of drug-likeness (QED) is 0.750. The number of benzene rings is 2. The van der Waals surface area contributed by atoms with Crippen molar-refractivity contribution in [2.45, 2.75) is 19.5 Å². The first-order valence-electron chi connectivity index (χ1n) is 7.34. The Morgan fingerprint density at radius 3 is 2.83 bits per heavy atom. The fourth-order valence-electron chi connectivity index (χ4n) is 2.36. The first-order chi connectivity index (χ1) is 11.0. The van der Waals surface area contributed by atoms with Crippen molar-refractivity contribution in [3.8, 4) is 11.3 Å². The number of carbonyl (C=O) groups excluding carboxylic acids is 1. The van der Waals surface area contributed by atoms with Gasteiger partial charge in [-0.25, -0.2) is 0 Å². The fourth-order valence-corrected chi connectivity index (χ4v) is 2.55. The number of rotatable bonds is 5. The summed E-state index contributed by atoms with van der Waals surface area (Å²) in [4.78, 5) is 11.1. The van der Waals surface area contributed by atoms with Crippen molar-refractivity contribution in [3.05, 3.63) is 59.1 Å². The van der Waals surface area contributed by atoms with E-state index in [1.54, 1.807) is 6.92 Å². The summed E-state index contributed by atoms with van der Waals surface area (Å²) in [5.41, 5.74) is 8.05. The van der Waals surface area contributed by atoms with E-state index in [0.717, 1.165) is 27.9 Å². The number of halogens is 1. The number of fused-ring (bicyclic) bond motifs is 1. The Morgan fingerprint density at radius 2 is 2.09 bits per heavy atom. The van der Waals surface area contributed by atoms with E-state index in [0.29, 0.717) is 11.6 Å². The minimum absolute atomic E-state index is 0.363. The molecule has 0 spiro atoms. The van der Waals surface area contributed by atoms with Crippen LogP contribution in [0.15, 0.2) is 52.9 Å². The van der Waals surface area contributed by atoms with Crippen molar-refractivity contribution in [1.82, 2.24) is 5.32 Å². The highest BCUT2D eigenvalue weighted by Crippen LogP contribution is 2.29. The van der Waals surface area contributed by atoms with Crippen LogP contribution in [-0.4, -0.2) is 11.9 Å². The van der Waals surface area contributed by atoms with E-state index in [2.05, 4.69) is 5.32 Å². The van der Waals surface area contributed by atoms with Crippen molar-refractivity contribution in [3.63, 3.8) is 0 Å². The summed E-state index contributed by atoms with van der Waals surface area (Å²) >= 11 is 6.03. The molecule has 1 amide bonds. The van der Waals surface area contributed by atoms with E-state index in [1.807, 2.05) is 48.5 Å². The van der Waals surface area contributed by atoms with Crippen molar-refractivity contribution in [2.75, 3.05) is 0 Å². The summed E-state index contributed by atoms with van der Waals surface area (Å²) in [6.07, 6.45) is 0. The van der Waals surface area contributed by atoms with Gasteiger partial charge in [0.15, 0.2) is 0 Å². The molecular weight excluding hydrogens is 312 g/mol. The van der Waals surface area contributed by atoms with Gasteiger partial charge in [0.2, 0.25) is 5.91 Å². The largest absolute Gasteiger partial charge is 0.456 e. The second kappa shape index (κ2) is 6.44. The Morgan fingerprint density at radius 1 is 1.26 bits per heavy atom. The van der Waals surface area contributed by atoms with Crippen LogP contribution in [0.2, 0.25) is 5.02 Å². The third kappa shape index (κ3) is 3.55. The minimum Gasteiger partial charge on any atom is -0.456 e. The van der Waals surface area contributed by atoms with E-state index in [-0.39, 0.29) is 11.9 Å². The zero-order chi connectivity index (χ0) is 16.4. The van der Waals surface area contributed by atoms with Gasteiger partial charge in [-0.2, -0.15) is 0 Å². The van der Waals surface area contributed by atoms with Gasteiger partial charge in [-0.15, -0.1) is 0 Å². The predicted octanol–water partition coefficient (Wildman–Crippen LogP) is 3.72. The van der Waals surface area contributed by atoms with Gasteiger partial charge in [0.1, 0.15) is 11.3 Å². The zero-order valence-electron chi connectivity index (χ0n) is 12.7. The van der Waals surface area contributed by atoms with Gasteiger partial charge in [0.25, 0.3) is 0 Å². The summed E-state index contributed by atoms with van der Waals surface area (Å²) in [6.45, 7) is 2.31. The molecule has 0 saturated heterocycles. The number of nitrogens with one attached hydrogen (secondary N) is 1. The maximum Gasteiger partial charge on any atom is 0.234 e. The molecule has 3 N–H and O–H groups in total. The number of nitrogens with two attached hydrogens (primary N) is 1. The maximum absolute atomic E-state index is 11.1. The van der Waals surface area contributed by atoms with Gasteiger partial charge < -0.3 is 15.5 Å². The van der Waals surface area contributed by atoms with Gasteiger partial charge in [0, 0.05) is 22.5 Å². The second-order valence-electron chi connectivity index (χ2n) is 5.50. The Balaban J connectivity index is 1.85. The van der Waals surface area contributed by atoms with Crippen molar-refractivity contribution in [1.29, 1.82) is 0 Å². The third-order valence-corrected chi connectivity index (χ3v) is 3.96. The molecule has 0 saturated carbocycles. The van der Waals surface area contributed by atoms with Crippen molar-refractivity contribution in [2.24, 2.45) is 5.73 Å². The zero-order valence-corrected chi connectivity index (χ0v) is 13.4. The molecule has 118 valence electrons. The summed E-state index contributed by atoms with van der Waals surface area (Å²) in [7, 11) is 0. The predicted molar refractivity (Wildman–Crippen MR) is 92.2 cm³/mol. The van der Waals surface area contributed by atoms with E-state index >= 15 is 0 Å². The molecule has 1 atom stereocenters. The van der Waals surface area contributed by atoms with Crippen LogP contribution < -0.4 is 11.1 Å². The molecule has 0 radical (unpaired) electrons. The normalized spacial score (nSPS) is 12.4. The lowest BCUT2D eigenvalue weighted by Gasteiger charge is -2.09. The van der Waals surface area contributed by atoms with E-state index in [1.165, 1.54) is 0 Å². The number of primary amides is 1. The fraction of sp³-hybridized carbons (Fsp3) is 0.167. The molecule has 3 rings (SSSR count). The molecule has 0 fully saturated rings. The maximum atomic E-state index is 11.1. The van der Waals surface area contributed by atoms with Crippen LogP contribution in [0.5, 0.6) is 0 Å². The van der Waals surface area contributed by atoms with Crippen LogP contribution in [0.3, 0.4) is 0 Å². The monoisotopic (exact) mass is 328 g/mol. The SMILES string of the molecule is C[C@H](NCc1ccc2oc(-c3cccc(Cl)c3)cc2c1)C(N)=O. The molecule has 23 heavy (non-hydrogen) atoms. The number of carbonyl (C=O) groups is 1. The van der Waals surface area contributed by atoms with Crippen LogP contribution in [0, 0.1) is 0 Å². The van der Waals surface area contributed by atoms with Crippen LogP contribution in [0.4, 0.5) is 0 Å². The summed E-state index contributed by atoms with van der Waals surface area (Å²) < 4.78 is 5.87. The van der Waals surface area contributed by atoms with Gasteiger partial charge >= 0.3 is 0 Å². The Kier molecular flexibility index (Phi) is 4.37. The van der Waals surface area contributed by atoms with Crippen LogP contribution >= 0.6 is 11.6 Å². The van der Waals surface area contributed by atoms with Crippen LogP contribution in [0.25, 0.3) is 22.3 Å². The molecule has 2 aromatic carbocycles. The van der Waals surface area contributed by atoms with Gasteiger partial charge in [-0.1, -0.05) is 29.8 Å². The molecule has 0 unspecified atom stereocenters. The number of furan rings is 1. The van der Waals surface area contributed by atoms with Gasteiger partial charge in [-0.3, -0.25) is 4.79 Å². The molecule has 1 aromatic heterocycles. The number of hydrogen-bond acceptors (Lipinski definition) is 3. The Hall–Kier alpha value is -2.30. The Bertz CT molecular complexity index is 857. The smallest absolute Gasteiger partial charge is 0.234 e. The van der Waals surface area contributed by atoms with Crippen LogP contribution in [-0.2, 0) is 11.3 Å². The first kappa shape index (κ1) is 15.6. The van der Waals surface area contributed by atoms with Crippen molar-refractivity contribution >= 4 is 28.5 Å². The highest BCUT2D eigenvalue weighted by atomic mass is 35.5. The molecule has 0 bridgehead atoms. The summed E-state index contributed by atoms with van der Waals surface area (Å²) in [6, 6.07) is 15.1. The molecule has 0 aliphatic rings. The summed E-state index contributed by atoms with van der Waals surface area (Å²) in [5.74, 6) is 0.413. The van der Waals surface area contributed by atoms with E-state index in [4.69, 9.17) is 21.8 Å². The highest BCUT2D eigenvalue weighted by Gasteiger charge is 2.10. The lowest BCUT2D eigenvalue weighted by molar-refractivity contribution is -0.119. The molecule has 0 aliphatic carbocycles. The number of amides is 1. The minimum atomic E-state index is -0.364. The molecular formula is C18H17ClN2O2. The van der Waals surface area contributed by atoms with E-state index in [9.17, 15) is 4.79 Å². The second-order valence-corrected chi connectivity index (χ2v) is 5.93. The molecule has 3 aromatic rings. The topological polar surface area (TPSA) is 68.3 Å². The Labute approximate surface area is 139 Å². The molecule has 5 heteroatoms. The molecule has 1 heterocycles. The van der Waals surface area contributed by atoms with E-state index < -0.39 is 0 Å². The van der Waals surface area contributed by atoms with Crippen molar-refractivity contribution < 1.29 is 9.21 Å². The first-order valence-corrected chi connectivity index (χ1v) is 7.72. The molecule has 4 nitrogen and oxygen atoms in total. The standard InChI is InChI=1S/C18H17ClN2O2/c1-11(18(20)22)21-10-12-5-6-16-14(7-12)9-17(23-16)13-3-2-4-15(19)8-13/h2-9,11,21H,10H2,1H3,(H2,20,22)/t11-/m0/s1. The van der Waals surface area contributed by atoms with Crippen LogP contribution in [0.1, 0.15) is 12.5 Å². The molecule has 0 aliphatic heterocycles. The van der Waals surface area contributed by atoms with Gasteiger partial charge in [-0.05, 0) is 42.8 Å². The average Bonchev–Trinajstić information content (AvgIpc) is 2.95. The third-order valence-electron chi connectivity index (χ3n) is 3.73. The summed E-state index contributed by atoms with van der Waals surface area (Å²) in [5, 5.41) is 4.77. The average molecular weight is 329 g/mol. The number of hydrogen-bond donors (Lipinski definition) is 2. The lowest BCUT2D eigenvalue weighted by Crippen LogP contribution is -2.38.